The number of aliphatic hydroxyl groups is 1. The molecule has 0 bridgehead atoms. The van der Waals surface area contributed by atoms with E-state index in [-0.39, 0.29) is 12.8 Å². The second-order valence-electron chi connectivity index (χ2n) is 6.98. The molecule has 0 aliphatic carbocycles. The van der Waals surface area contributed by atoms with Crippen LogP contribution in [-0.4, -0.2) is 72.8 Å². The molecule has 0 spiro atoms. The third-order valence-electron chi connectivity index (χ3n) is 4.56. The van der Waals surface area contributed by atoms with E-state index in [9.17, 15) is 19.5 Å². The summed E-state index contributed by atoms with van der Waals surface area (Å²) in [7, 11) is 0. The molecule has 3 aromatic rings. The largest absolute Gasteiger partial charge is 0.480 e. The molecule has 12 heteroatoms. The number of aliphatic carboxylic acids is 2. The van der Waals surface area contributed by atoms with Gasteiger partial charge in [0.15, 0.2) is 0 Å². The lowest BCUT2D eigenvalue weighted by atomic mass is 10.0. The quantitative estimate of drug-likeness (QED) is 0.201. The van der Waals surface area contributed by atoms with Crippen molar-refractivity contribution in [2.75, 3.05) is 6.61 Å². The van der Waals surface area contributed by atoms with Gasteiger partial charge in [0.2, 0.25) is 5.91 Å². The molecule has 0 saturated heterocycles. The fraction of sp³-hybridized carbons (Fsp3) is 0.300. The Hall–Kier alpha value is -3.74. The molecule has 2 heterocycles. The van der Waals surface area contributed by atoms with Gasteiger partial charge in [0, 0.05) is 41.8 Å². The number of H-pyrrole nitrogens is 2. The lowest BCUT2D eigenvalue weighted by Crippen LogP contribution is -2.50. The molecule has 0 fully saturated rings. The van der Waals surface area contributed by atoms with Gasteiger partial charge in [-0.2, -0.15) is 0 Å². The molecule has 3 atom stereocenters. The molecule has 1 amide bonds. The number of nitrogens with one attached hydrogen (secondary N) is 3. The molecule has 0 saturated carbocycles. The van der Waals surface area contributed by atoms with Gasteiger partial charge < -0.3 is 42.1 Å². The van der Waals surface area contributed by atoms with Crippen LogP contribution >= 0.6 is 0 Å². The topological polar surface area (TPSA) is 220 Å². The molecule has 0 aliphatic rings. The summed E-state index contributed by atoms with van der Waals surface area (Å²) < 4.78 is 0. The minimum atomic E-state index is -1.15. The SMILES string of the molecule is NC(CO)C(=O)NC(Cc1c[nH]c2ccccc12)C(=O)O.NC(Cc1cnc[nH]1)C(=O)O. The summed E-state index contributed by atoms with van der Waals surface area (Å²) in [5, 5.41) is 29.7. The summed E-state index contributed by atoms with van der Waals surface area (Å²) in [6.07, 6.45) is 5.18. The highest BCUT2D eigenvalue weighted by atomic mass is 16.4. The summed E-state index contributed by atoms with van der Waals surface area (Å²) >= 11 is 0. The predicted octanol–water partition coefficient (Wildman–Crippen LogP) is -1.04. The number of carboxylic acids is 2. The Bertz CT molecular complexity index is 1030. The van der Waals surface area contributed by atoms with Gasteiger partial charge in [-0.15, -0.1) is 0 Å². The molecule has 12 nitrogen and oxygen atoms in total. The Morgan fingerprint density at radius 3 is 2.34 bits per heavy atom. The van der Waals surface area contributed by atoms with E-state index in [2.05, 4.69) is 20.3 Å². The van der Waals surface area contributed by atoms with Crippen LogP contribution in [0.3, 0.4) is 0 Å². The van der Waals surface area contributed by atoms with E-state index in [0.29, 0.717) is 0 Å². The van der Waals surface area contributed by atoms with E-state index < -0.39 is 42.6 Å². The number of nitrogens with zero attached hydrogens (tertiary/aromatic N) is 1. The molecule has 0 radical (unpaired) electrons. The number of aromatic nitrogens is 3. The molecule has 3 rings (SSSR count). The van der Waals surface area contributed by atoms with Crippen molar-refractivity contribution in [1.82, 2.24) is 20.3 Å². The average Bonchev–Trinajstić information content (AvgIpc) is 3.43. The molecule has 10 N–H and O–H groups in total. The Labute approximate surface area is 182 Å². The van der Waals surface area contributed by atoms with Crippen LogP contribution in [0.5, 0.6) is 0 Å². The number of amides is 1. The number of fused-ring (bicyclic) bond motifs is 1. The minimum absolute atomic E-state index is 0.128. The summed E-state index contributed by atoms with van der Waals surface area (Å²) in [6.45, 7) is -0.536. The number of carboxylic acid groups (broad SMARTS) is 2. The van der Waals surface area contributed by atoms with Crippen LogP contribution in [0.2, 0.25) is 0 Å². The van der Waals surface area contributed by atoms with Crippen molar-refractivity contribution in [3.8, 4) is 0 Å². The molecular weight excluding hydrogens is 420 g/mol. The van der Waals surface area contributed by atoms with Crippen LogP contribution in [-0.2, 0) is 27.2 Å². The Kier molecular flexibility index (Phi) is 8.89. The molecule has 2 aromatic heterocycles. The molecule has 32 heavy (non-hydrogen) atoms. The highest BCUT2D eigenvalue weighted by Gasteiger charge is 2.24. The van der Waals surface area contributed by atoms with Crippen LogP contribution in [0.1, 0.15) is 11.3 Å². The smallest absolute Gasteiger partial charge is 0.326 e. The third kappa shape index (κ3) is 6.91. The van der Waals surface area contributed by atoms with E-state index in [4.69, 9.17) is 21.7 Å². The number of rotatable bonds is 9. The number of hydrogen-bond donors (Lipinski definition) is 8. The minimum Gasteiger partial charge on any atom is -0.480 e. The number of imidazole rings is 1. The first-order valence-electron chi connectivity index (χ1n) is 9.63. The van der Waals surface area contributed by atoms with Crippen LogP contribution in [0.15, 0.2) is 43.0 Å². The number of hydrogen-bond acceptors (Lipinski definition) is 7. The average molecular weight is 446 g/mol. The van der Waals surface area contributed by atoms with Crippen LogP contribution in [0, 0.1) is 0 Å². The van der Waals surface area contributed by atoms with Gasteiger partial charge in [0.25, 0.3) is 0 Å². The fourth-order valence-electron chi connectivity index (χ4n) is 2.80. The number of carbonyl (C=O) groups excluding carboxylic acids is 1. The zero-order valence-electron chi connectivity index (χ0n) is 17.1. The maximum atomic E-state index is 11.6. The molecule has 3 unspecified atom stereocenters. The lowest BCUT2D eigenvalue weighted by Gasteiger charge is -2.16. The monoisotopic (exact) mass is 446 g/mol. The van der Waals surface area contributed by atoms with Gasteiger partial charge in [-0.1, -0.05) is 18.2 Å². The van der Waals surface area contributed by atoms with Gasteiger partial charge in [-0.05, 0) is 11.6 Å². The summed E-state index contributed by atoms with van der Waals surface area (Å²) in [5.74, 6) is -2.84. The van der Waals surface area contributed by atoms with E-state index in [1.54, 1.807) is 12.4 Å². The first-order valence-corrected chi connectivity index (χ1v) is 9.63. The standard InChI is InChI=1S/C14H17N3O4.C6H9N3O2/c15-10(7-18)13(19)17-12(14(20)21)5-8-6-16-11-4-2-1-3-9(8)11;7-5(6(10)11)1-4-2-8-3-9-4/h1-4,6,10,12,16,18H,5,7,15H2,(H,17,19)(H,20,21);2-3,5H,1,7H2,(H,8,9)(H,10,11). The maximum Gasteiger partial charge on any atom is 0.326 e. The van der Waals surface area contributed by atoms with Crippen molar-refractivity contribution in [2.24, 2.45) is 11.5 Å². The Balaban J connectivity index is 0.000000278. The normalized spacial score (nSPS) is 13.5. The van der Waals surface area contributed by atoms with Crippen molar-refractivity contribution >= 4 is 28.7 Å². The molecular formula is C20H26N6O6. The zero-order chi connectivity index (χ0) is 23.7. The zero-order valence-corrected chi connectivity index (χ0v) is 17.1. The fourth-order valence-corrected chi connectivity index (χ4v) is 2.80. The maximum absolute atomic E-state index is 11.6. The Morgan fingerprint density at radius 1 is 1.03 bits per heavy atom. The van der Waals surface area contributed by atoms with Gasteiger partial charge in [0.1, 0.15) is 18.1 Å². The van der Waals surface area contributed by atoms with Crippen molar-refractivity contribution in [3.63, 3.8) is 0 Å². The van der Waals surface area contributed by atoms with Crippen molar-refractivity contribution in [1.29, 1.82) is 0 Å². The number of nitrogens with two attached hydrogens (primary N) is 2. The summed E-state index contributed by atoms with van der Waals surface area (Å²) in [6, 6.07) is 4.41. The van der Waals surface area contributed by atoms with Crippen LogP contribution in [0.4, 0.5) is 0 Å². The summed E-state index contributed by atoms with van der Waals surface area (Å²) in [4.78, 5) is 42.7. The van der Waals surface area contributed by atoms with Gasteiger partial charge >= 0.3 is 11.9 Å². The number of benzene rings is 1. The highest BCUT2D eigenvalue weighted by Crippen LogP contribution is 2.19. The second kappa shape index (κ2) is 11.6. The van der Waals surface area contributed by atoms with Gasteiger partial charge in [-0.3, -0.25) is 9.59 Å². The second-order valence-corrected chi connectivity index (χ2v) is 6.98. The van der Waals surface area contributed by atoms with E-state index in [1.165, 1.54) is 6.33 Å². The van der Waals surface area contributed by atoms with E-state index >= 15 is 0 Å². The number of para-hydroxylation sites is 1. The number of aromatic amines is 2. The first kappa shape index (κ1) is 24.5. The van der Waals surface area contributed by atoms with Crippen LogP contribution < -0.4 is 16.8 Å². The first-order chi connectivity index (χ1) is 15.2. The van der Waals surface area contributed by atoms with Gasteiger partial charge in [-0.25, -0.2) is 9.78 Å². The van der Waals surface area contributed by atoms with Gasteiger partial charge in [0.05, 0.1) is 12.9 Å². The van der Waals surface area contributed by atoms with E-state index in [1.807, 2.05) is 24.3 Å². The molecule has 0 aliphatic heterocycles. The molecule has 172 valence electrons. The van der Waals surface area contributed by atoms with E-state index in [0.717, 1.165) is 22.2 Å². The number of carbonyl (C=O) groups is 3. The van der Waals surface area contributed by atoms with Crippen molar-refractivity contribution in [2.45, 2.75) is 31.0 Å². The predicted molar refractivity (Wildman–Crippen MR) is 115 cm³/mol. The van der Waals surface area contributed by atoms with Crippen molar-refractivity contribution < 1.29 is 29.7 Å². The third-order valence-corrected chi connectivity index (χ3v) is 4.56. The highest BCUT2D eigenvalue weighted by molar-refractivity contribution is 5.88. The number of aliphatic hydroxyl groups excluding tert-OH is 1. The van der Waals surface area contributed by atoms with Crippen molar-refractivity contribution in [3.05, 3.63) is 54.2 Å². The lowest BCUT2D eigenvalue weighted by molar-refractivity contribution is -0.142. The molecule has 1 aromatic carbocycles. The Morgan fingerprint density at radius 2 is 1.75 bits per heavy atom. The summed E-state index contributed by atoms with van der Waals surface area (Å²) in [5.41, 5.74) is 13.1. The van der Waals surface area contributed by atoms with Crippen LogP contribution in [0.25, 0.3) is 10.9 Å².